The van der Waals surface area contributed by atoms with Crippen molar-refractivity contribution in [1.82, 2.24) is 4.90 Å². The molecule has 3 heteroatoms. The van der Waals surface area contributed by atoms with Crippen molar-refractivity contribution in [3.05, 3.63) is 0 Å². The lowest BCUT2D eigenvalue weighted by molar-refractivity contribution is 0.0433. The van der Waals surface area contributed by atoms with Crippen LogP contribution in [0.3, 0.4) is 0 Å². The fraction of sp³-hybridized carbons (Fsp3) is 1.00. The molecule has 2 aliphatic rings. The van der Waals surface area contributed by atoms with Gasteiger partial charge in [-0.05, 0) is 38.0 Å². The van der Waals surface area contributed by atoms with Crippen LogP contribution in [0.25, 0.3) is 0 Å². The number of thioether (sulfide) groups is 1. The zero-order valence-electron chi connectivity index (χ0n) is 12.9. The average Bonchev–Trinajstić information content (AvgIpc) is 2.49. The smallest absolute Gasteiger partial charge is 0.0332 e. The highest BCUT2D eigenvalue weighted by Crippen LogP contribution is 2.39. The monoisotopic (exact) mass is 284 g/mol. The Kier molecular flexibility index (Phi) is 6.04. The van der Waals surface area contributed by atoms with Gasteiger partial charge in [0.15, 0.2) is 0 Å². The fourth-order valence-electron chi connectivity index (χ4n) is 3.96. The maximum Gasteiger partial charge on any atom is 0.0332 e. The Morgan fingerprint density at radius 3 is 2.58 bits per heavy atom. The van der Waals surface area contributed by atoms with Crippen LogP contribution >= 0.6 is 11.8 Å². The minimum Gasteiger partial charge on any atom is -0.329 e. The molecule has 2 nitrogen and oxygen atoms in total. The highest BCUT2D eigenvalue weighted by molar-refractivity contribution is 8.00. The minimum absolute atomic E-state index is 0.346. The third-order valence-electron chi connectivity index (χ3n) is 5.38. The molecule has 19 heavy (non-hydrogen) atoms. The first-order valence-corrected chi connectivity index (χ1v) is 9.35. The van der Waals surface area contributed by atoms with Crippen molar-refractivity contribution < 1.29 is 0 Å². The first-order chi connectivity index (χ1) is 9.24. The Hall–Kier alpha value is 0.270. The van der Waals surface area contributed by atoms with Crippen molar-refractivity contribution in [2.24, 2.45) is 11.7 Å². The van der Waals surface area contributed by atoms with Gasteiger partial charge in [-0.1, -0.05) is 26.7 Å². The lowest BCUT2D eigenvalue weighted by Gasteiger charge is -2.50. The van der Waals surface area contributed by atoms with Crippen LogP contribution in [0.15, 0.2) is 0 Å². The average molecular weight is 285 g/mol. The first kappa shape index (κ1) is 15.7. The predicted octanol–water partition coefficient (Wildman–Crippen LogP) is 3.50. The van der Waals surface area contributed by atoms with E-state index in [9.17, 15) is 0 Å². The Morgan fingerprint density at radius 1 is 1.26 bits per heavy atom. The van der Waals surface area contributed by atoms with Crippen LogP contribution in [0.1, 0.15) is 58.8 Å². The van der Waals surface area contributed by atoms with Gasteiger partial charge >= 0.3 is 0 Å². The molecular formula is C16H32N2S. The SMILES string of the molecule is CCCC1CCC(CN)(N2CCSC(CC)C2)CC1. The molecule has 0 aromatic heterocycles. The van der Waals surface area contributed by atoms with E-state index >= 15 is 0 Å². The van der Waals surface area contributed by atoms with Gasteiger partial charge in [0.2, 0.25) is 0 Å². The van der Waals surface area contributed by atoms with E-state index in [0.29, 0.717) is 5.54 Å². The Balaban J connectivity index is 1.95. The van der Waals surface area contributed by atoms with Crippen molar-refractivity contribution in [3.8, 4) is 0 Å². The van der Waals surface area contributed by atoms with Gasteiger partial charge in [0.25, 0.3) is 0 Å². The number of nitrogens with two attached hydrogens (primary N) is 1. The van der Waals surface area contributed by atoms with Gasteiger partial charge in [0.1, 0.15) is 0 Å². The van der Waals surface area contributed by atoms with Crippen LogP contribution in [-0.2, 0) is 0 Å². The molecule has 0 aromatic rings. The fourth-order valence-corrected chi connectivity index (χ4v) is 5.14. The lowest BCUT2D eigenvalue weighted by Crippen LogP contribution is -2.59. The van der Waals surface area contributed by atoms with Gasteiger partial charge in [0.05, 0.1) is 0 Å². The molecule has 0 spiro atoms. The summed E-state index contributed by atoms with van der Waals surface area (Å²) in [5, 5.41) is 0.838. The topological polar surface area (TPSA) is 29.3 Å². The molecule has 1 atom stereocenters. The van der Waals surface area contributed by atoms with E-state index in [1.807, 2.05) is 0 Å². The molecule has 2 rings (SSSR count). The first-order valence-electron chi connectivity index (χ1n) is 8.30. The second-order valence-electron chi connectivity index (χ2n) is 6.51. The molecule has 1 saturated carbocycles. The number of rotatable bonds is 5. The zero-order valence-corrected chi connectivity index (χ0v) is 13.7. The van der Waals surface area contributed by atoms with E-state index < -0.39 is 0 Å². The van der Waals surface area contributed by atoms with E-state index in [2.05, 4.69) is 30.5 Å². The maximum absolute atomic E-state index is 6.23. The summed E-state index contributed by atoms with van der Waals surface area (Å²) in [5.74, 6) is 2.28. The number of nitrogens with zero attached hydrogens (tertiary/aromatic N) is 1. The van der Waals surface area contributed by atoms with Gasteiger partial charge < -0.3 is 5.73 Å². The molecule has 0 aromatic carbocycles. The second-order valence-corrected chi connectivity index (χ2v) is 7.92. The highest BCUT2D eigenvalue weighted by Gasteiger charge is 2.40. The normalized spacial score (nSPS) is 37.4. The quantitative estimate of drug-likeness (QED) is 0.838. The van der Waals surface area contributed by atoms with Crippen LogP contribution in [0, 0.1) is 5.92 Å². The van der Waals surface area contributed by atoms with Crippen molar-refractivity contribution in [2.75, 3.05) is 25.4 Å². The molecule has 112 valence electrons. The van der Waals surface area contributed by atoms with E-state index in [1.54, 1.807) is 0 Å². The van der Waals surface area contributed by atoms with Crippen molar-refractivity contribution in [1.29, 1.82) is 0 Å². The summed E-state index contributed by atoms with van der Waals surface area (Å²) in [6, 6.07) is 0. The van der Waals surface area contributed by atoms with Gasteiger partial charge in [-0.25, -0.2) is 0 Å². The van der Waals surface area contributed by atoms with Crippen molar-refractivity contribution in [2.45, 2.75) is 69.6 Å². The minimum atomic E-state index is 0.346. The zero-order chi connectivity index (χ0) is 13.7. The Morgan fingerprint density at radius 2 is 2.00 bits per heavy atom. The maximum atomic E-state index is 6.23. The van der Waals surface area contributed by atoms with Gasteiger partial charge in [-0.2, -0.15) is 11.8 Å². The third-order valence-corrected chi connectivity index (χ3v) is 6.75. The summed E-state index contributed by atoms with van der Waals surface area (Å²) in [7, 11) is 0. The lowest BCUT2D eigenvalue weighted by atomic mass is 9.74. The van der Waals surface area contributed by atoms with E-state index in [4.69, 9.17) is 5.73 Å². The summed E-state index contributed by atoms with van der Waals surface area (Å²) >= 11 is 2.17. The van der Waals surface area contributed by atoms with Crippen LogP contribution in [-0.4, -0.2) is 41.1 Å². The van der Waals surface area contributed by atoms with E-state index in [-0.39, 0.29) is 0 Å². The predicted molar refractivity (Wildman–Crippen MR) is 86.8 cm³/mol. The Bertz CT molecular complexity index is 261. The molecule has 1 saturated heterocycles. The summed E-state index contributed by atoms with van der Waals surface area (Å²) in [6.45, 7) is 8.05. The molecule has 2 N–H and O–H groups in total. The second kappa shape index (κ2) is 7.33. The molecular weight excluding hydrogens is 252 g/mol. The summed E-state index contributed by atoms with van der Waals surface area (Å²) in [6.07, 6.45) is 9.58. The highest BCUT2D eigenvalue weighted by atomic mass is 32.2. The largest absolute Gasteiger partial charge is 0.329 e. The Labute approximate surface area is 123 Å². The summed E-state index contributed by atoms with van der Waals surface area (Å²) < 4.78 is 0. The van der Waals surface area contributed by atoms with Gasteiger partial charge in [0, 0.05) is 36.2 Å². The molecule has 1 aliphatic heterocycles. The molecule has 0 bridgehead atoms. The summed E-state index contributed by atoms with van der Waals surface area (Å²) in [5.41, 5.74) is 6.57. The number of hydrogen-bond donors (Lipinski definition) is 1. The molecule has 0 amide bonds. The standard InChI is InChI=1S/C16H32N2S/c1-3-5-14-6-8-16(13-17,9-7-14)18-10-11-19-15(4-2)12-18/h14-15H,3-13,17H2,1-2H3. The van der Waals surface area contributed by atoms with Crippen molar-refractivity contribution >= 4 is 11.8 Å². The van der Waals surface area contributed by atoms with Gasteiger partial charge in [-0.3, -0.25) is 4.90 Å². The summed E-state index contributed by atoms with van der Waals surface area (Å²) in [4.78, 5) is 2.76. The third kappa shape index (κ3) is 3.68. The van der Waals surface area contributed by atoms with Gasteiger partial charge in [-0.15, -0.1) is 0 Å². The van der Waals surface area contributed by atoms with Crippen LogP contribution in [0.5, 0.6) is 0 Å². The number of hydrogen-bond acceptors (Lipinski definition) is 3. The molecule has 0 radical (unpaired) electrons. The van der Waals surface area contributed by atoms with Crippen molar-refractivity contribution in [3.63, 3.8) is 0 Å². The molecule has 1 heterocycles. The van der Waals surface area contributed by atoms with E-state index in [1.165, 1.54) is 63.8 Å². The molecule has 2 fully saturated rings. The van der Waals surface area contributed by atoms with Crippen LogP contribution < -0.4 is 5.73 Å². The van der Waals surface area contributed by atoms with Crippen LogP contribution in [0.4, 0.5) is 0 Å². The molecule has 1 unspecified atom stereocenters. The molecule has 1 aliphatic carbocycles. The van der Waals surface area contributed by atoms with E-state index in [0.717, 1.165) is 17.7 Å². The van der Waals surface area contributed by atoms with Crippen LogP contribution in [0.2, 0.25) is 0 Å².